The number of benzene rings is 2. The summed E-state index contributed by atoms with van der Waals surface area (Å²) in [5, 5.41) is 23.6. The molecule has 3 unspecified atom stereocenters. The molecule has 0 bridgehead atoms. The Morgan fingerprint density at radius 2 is 1.53 bits per heavy atom. The van der Waals surface area contributed by atoms with E-state index in [4.69, 9.17) is 9.84 Å². The van der Waals surface area contributed by atoms with E-state index in [1.807, 2.05) is 48.5 Å². The van der Waals surface area contributed by atoms with E-state index in [0.717, 1.165) is 22.3 Å². The zero-order chi connectivity index (χ0) is 23.3. The van der Waals surface area contributed by atoms with Crippen LogP contribution in [-0.4, -0.2) is 53.0 Å². The van der Waals surface area contributed by atoms with Gasteiger partial charge >= 0.3 is 12.1 Å². The lowest BCUT2D eigenvalue weighted by Gasteiger charge is -2.21. The van der Waals surface area contributed by atoms with E-state index in [-0.39, 0.29) is 18.6 Å². The average Bonchev–Trinajstić information content (AvgIpc) is 3.04. The zero-order valence-corrected chi connectivity index (χ0v) is 18.1. The SMILES string of the molecule is CC(O)CC(C)NC(=O)C(CC(=O)O)NC(=O)OCC1c2ccccc2-c2ccccc21. The number of hydrogen-bond acceptors (Lipinski definition) is 5. The Kier molecular flexibility index (Phi) is 7.48. The summed E-state index contributed by atoms with van der Waals surface area (Å²) in [5.41, 5.74) is 4.28. The Balaban J connectivity index is 1.64. The maximum Gasteiger partial charge on any atom is 0.407 e. The van der Waals surface area contributed by atoms with Crippen molar-refractivity contribution >= 4 is 18.0 Å². The number of hydrogen-bond donors (Lipinski definition) is 4. The molecule has 0 spiro atoms. The second kappa shape index (κ2) is 10.3. The van der Waals surface area contributed by atoms with Gasteiger partial charge in [0.2, 0.25) is 5.91 Å². The fraction of sp³-hybridized carbons (Fsp3) is 0.375. The first-order chi connectivity index (χ1) is 15.3. The predicted octanol–water partition coefficient (Wildman–Crippen LogP) is 2.64. The minimum atomic E-state index is -1.29. The van der Waals surface area contributed by atoms with Crippen molar-refractivity contribution in [3.8, 4) is 11.1 Å². The van der Waals surface area contributed by atoms with E-state index < -0.39 is 36.5 Å². The van der Waals surface area contributed by atoms with Crippen LogP contribution in [0.1, 0.15) is 43.7 Å². The van der Waals surface area contributed by atoms with Gasteiger partial charge in [0.1, 0.15) is 12.6 Å². The van der Waals surface area contributed by atoms with Gasteiger partial charge in [-0.2, -0.15) is 0 Å². The Bertz CT molecular complexity index is 944. The first-order valence-corrected chi connectivity index (χ1v) is 10.6. The van der Waals surface area contributed by atoms with Crippen molar-refractivity contribution < 1.29 is 29.3 Å². The molecule has 32 heavy (non-hydrogen) atoms. The summed E-state index contributed by atoms with van der Waals surface area (Å²) >= 11 is 0. The standard InChI is InChI=1S/C24H28N2O6/c1-14(11-15(2)27)25-23(30)21(12-22(28)29)26-24(31)32-13-20-18-9-5-3-7-16(18)17-8-4-6-10-19(17)20/h3-10,14-15,20-21,27H,11-13H2,1-2H3,(H,25,30)(H,26,31)(H,28,29). The minimum Gasteiger partial charge on any atom is -0.481 e. The van der Waals surface area contributed by atoms with Crippen LogP contribution in [0.3, 0.4) is 0 Å². The number of rotatable bonds is 9. The topological polar surface area (TPSA) is 125 Å². The van der Waals surface area contributed by atoms with Gasteiger partial charge in [0.15, 0.2) is 0 Å². The van der Waals surface area contributed by atoms with Gasteiger partial charge in [-0.25, -0.2) is 4.79 Å². The number of aliphatic hydroxyl groups is 1. The monoisotopic (exact) mass is 440 g/mol. The van der Waals surface area contributed by atoms with Crippen molar-refractivity contribution in [2.75, 3.05) is 6.61 Å². The second-order valence-corrected chi connectivity index (χ2v) is 8.11. The molecule has 0 saturated carbocycles. The molecule has 1 aliphatic carbocycles. The Morgan fingerprint density at radius 1 is 0.969 bits per heavy atom. The summed E-state index contributed by atoms with van der Waals surface area (Å²) in [6.45, 7) is 3.34. The van der Waals surface area contributed by atoms with Gasteiger partial charge in [0, 0.05) is 12.0 Å². The molecule has 0 aromatic heterocycles. The van der Waals surface area contributed by atoms with Crippen LogP contribution in [0.15, 0.2) is 48.5 Å². The molecule has 2 aromatic rings. The highest BCUT2D eigenvalue weighted by Gasteiger charge is 2.30. The van der Waals surface area contributed by atoms with Gasteiger partial charge in [0.05, 0.1) is 12.5 Å². The van der Waals surface area contributed by atoms with Gasteiger partial charge < -0.3 is 25.6 Å². The van der Waals surface area contributed by atoms with Crippen molar-refractivity contribution in [2.24, 2.45) is 0 Å². The number of aliphatic hydroxyl groups excluding tert-OH is 1. The third-order valence-electron chi connectivity index (χ3n) is 5.41. The molecular formula is C24H28N2O6. The largest absolute Gasteiger partial charge is 0.481 e. The van der Waals surface area contributed by atoms with Gasteiger partial charge in [-0.1, -0.05) is 48.5 Å². The lowest BCUT2D eigenvalue weighted by atomic mass is 9.98. The van der Waals surface area contributed by atoms with Crippen LogP contribution < -0.4 is 10.6 Å². The highest BCUT2D eigenvalue weighted by Crippen LogP contribution is 2.44. The summed E-state index contributed by atoms with van der Waals surface area (Å²) < 4.78 is 5.41. The molecule has 3 rings (SSSR count). The fourth-order valence-electron chi connectivity index (χ4n) is 4.08. The van der Waals surface area contributed by atoms with Crippen LogP contribution in [0.25, 0.3) is 11.1 Å². The molecular weight excluding hydrogens is 412 g/mol. The van der Waals surface area contributed by atoms with Gasteiger partial charge in [0.25, 0.3) is 0 Å². The molecule has 8 nitrogen and oxygen atoms in total. The van der Waals surface area contributed by atoms with Crippen LogP contribution in [0.4, 0.5) is 4.79 Å². The molecule has 170 valence electrons. The Hall–Kier alpha value is -3.39. The van der Waals surface area contributed by atoms with Gasteiger partial charge in [-0.3, -0.25) is 9.59 Å². The second-order valence-electron chi connectivity index (χ2n) is 8.11. The van der Waals surface area contributed by atoms with Crippen molar-refractivity contribution in [1.29, 1.82) is 0 Å². The van der Waals surface area contributed by atoms with Crippen molar-refractivity contribution in [3.05, 3.63) is 59.7 Å². The molecule has 0 aliphatic heterocycles. The minimum absolute atomic E-state index is 0.0553. The summed E-state index contributed by atoms with van der Waals surface area (Å²) in [7, 11) is 0. The van der Waals surface area contributed by atoms with Crippen LogP contribution >= 0.6 is 0 Å². The highest BCUT2D eigenvalue weighted by atomic mass is 16.5. The van der Waals surface area contributed by atoms with E-state index in [1.54, 1.807) is 13.8 Å². The summed E-state index contributed by atoms with van der Waals surface area (Å²) in [4.78, 5) is 36.1. The molecule has 0 heterocycles. The number of carboxylic acids is 1. The molecule has 8 heteroatoms. The number of aliphatic carboxylic acids is 1. The van der Waals surface area contributed by atoms with Crippen LogP contribution in [0, 0.1) is 0 Å². The van der Waals surface area contributed by atoms with E-state index in [2.05, 4.69) is 10.6 Å². The number of nitrogens with one attached hydrogen (secondary N) is 2. The van der Waals surface area contributed by atoms with Gasteiger partial charge in [-0.05, 0) is 42.5 Å². The zero-order valence-electron chi connectivity index (χ0n) is 18.1. The summed E-state index contributed by atoms with van der Waals surface area (Å²) in [6.07, 6.45) is -1.77. The smallest absolute Gasteiger partial charge is 0.407 e. The van der Waals surface area contributed by atoms with Crippen molar-refractivity contribution in [1.82, 2.24) is 10.6 Å². The molecule has 0 radical (unpaired) electrons. The molecule has 0 saturated heterocycles. The average molecular weight is 440 g/mol. The van der Waals surface area contributed by atoms with Crippen molar-refractivity contribution in [2.45, 2.75) is 50.8 Å². The Labute approximate surface area is 186 Å². The maximum absolute atomic E-state index is 12.5. The number of fused-ring (bicyclic) bond motifs is 3. The van der Waals surface area contributed by atoms with E-state index in [1.165, 1.54) is 0 Å². The summed E-state index contributed by atoms with van der Waals surface area (Å²) in [5.74, 6) is -2.02. The molecule has 3 atom stereocenters. The lowest BCUT2D eigenvalue weighted by molar-refractivity contribution is -0.140. The van der Waals surface area contributed by atoms with Crippen LogP contribution in [0.5, 0.6) is 0 Å². The van der Waals surface area contributed by atoms with Crippen molar-refractivity contribution in [3.63, 3.8) is 0 Å². The Morgan fingerprint density at radius 3 is 2.06 bits per heavy atom. The molecule has 0 fully saturated rings. The fourth-order valence-corrected chi connectivity index (χ4v) is 4.08. The lowest BCUT2D eigenvalue weighted by Crippen LogP contribution is -2.50. The molecule has 2 amide bonds. The third kappa shape index (κ3) is 5.64. The normalized spacial score (nSPS) is 15.1. The number of carboxylic acid groups (broad SMARTS) is 1. The number of alkyl carbamates (subject to hydrolysis) is 1. The van der Waals surface area contributed by atoms with Crippen LogP contribution in [-0.2, 0) is 14.3 Å². The quantitative estimate of drug-likeness (QED) is 0.475. The number of carbonyl (C=O) groups is 3. The first-order valence-electron chi connectivity index (χ1n) is 10.6. The third-order valence-corrected chi connectivity index (χ3v) is 5.41. The number of amides is 2. The highest BCUT2D eigenvalue weighted by molar-refractivity contribution is 5.89. The van der Waals surface area contributed by atoms with E-state index in [0.29, 0.717) is 6.42 Å². The van der Waals surface area contributed by atoms with E-state index in [9.17, 15) is 19.5 Å². The first kappa shape index (κ1) is 23.3. The number of ether oxygens (including phenoxy) is 1. The van der Waals surface area contributed by atoms with E-state index >= 15 is 0 Å². The van der Waals surface area contributed by atoms with Gasteiger partial charge in [-0.15, -0.1) is 0 Å². The summed E-state index contributed by atoms with van der Waals surface area (Å²) in [6, 6.07) is 14.1. The van der Waals surface area contributed by atoms with Crippen LogP contribution in [0.2, 0.25) is 0 Å². The predicted molar refractivity (Wildman–Crippen MR) is 118 cm³/mol. The molecule has 1 aliphatic rings. The number of carbonyl (C=O) groups excluding carboxylic acids is 2. The molecule has 4 N–H and O–H groups in total. The molecule has 2 aromatic carbocycles. The maximum atomic E-state index is 12.5.